The van der Waals surface area contributed by atoms with Gasteiger partial charge >= 0.3 is 12.1 Å². The van der Waals surface area contributed by atoms with Crippen LogP contribution < -0.4 is 5.32 Å². The second-order valence-electron chi connectivity index (χ2n) is 5.30. The number of rotatable bonds is 4. The van der Waals surface area contributed by atoms with E-state index in [2.05, 4.69) is 5.32 Å². The predicted molar refractivity (Wildman–Crippen MR) is 84.2 cm³/mol. The van der Waals surface area contributed by atoms with Crippen LogP contribution in [-0.4, -0.2) is 21.9 Å². The summed E-state index contributed by atoms with van der Waals surface area (Å²) in [5.74, 6) is -2.78. The summed E-state index contributed by atoms with van der Waals surface area (Å²) in [5.41, 5.74) is -3.19. The van der Waals surface area contributed by atoms with Crippen LogP contribution in [0.2, 0.25) is 0 Å². The molecule has 0 atom stereocenters. The van der Waals surface area contributed by atoms with Crippen LogP contribution in [0.15, 0.2) is 36.4 Å². The van der Waals surface area contributed by atoms with E-state index in [-0.39, 0.29) is 11.3 Å². The number of anilines is 1. The third-order valence-electron chi connectivity index (χ3n) is 3.36. The van der Waals surface area contributed by atoms with Crippen molar-refractivity contribution in [1.82, 2.24) is 0 Å². The van der Waals surface area contributed by atoms with Gasteiger partial charge in [-0.15, -0.1) is 0 Å². The average molecular weight is 368 g/mol. The van der Waals surface area contributed by atoms with E-state index >= 15 is 0 Å². The van der Waals surface area contributed by atoms with Crippen LogP contribution in [0.3, 0.4) is 0 Å². The van der Waals surface area contributed by atoms with Gasteiger partial charge in [-0.3, -0.25) is 14.9 Å². The molecule has 0 bridgehead atoms. The zero-order chi connectivity index (χ0) is 19.6. The molecule has 0 unspecified atom stereocenters. The van der Waals surface area contributed by atoms with Gasteiger partial charge in [0.15, 0.2) is 0 Å². The Kier molecular flexibility index (Phi) is 4.96. The molecule has 0 saturated heterocycles. The lowest BCUT2D eigenvalue weighted by Gasteiger charge is -2.12. The molecule has 2 aromatic rings. The Morgan fingerprint density at radius 2 is 1.85 bits per heavy atom. The zero-order valence-corrected chi connectivity index (χ0v) is 13.1. The fraction of sp³-hybridized carbons (Fsp3) is 0.125. The molecule has 0 aliphatic rings. The number of hydrogen-bond acceptors (Lipinski definition) is 4. The number of nitro groups is 1. The largest absolute Gasteiger partial charge is 0.477 e. The van der Waals surface area contributed by atoms with Gasteiger partial charge in [0.05, 0.1) is 16.1 Å². The molecule has 0 heterocycles. The van der Waals surface area contributed by atoms with Gasteiger partial charge in [-0.1, -0.05) is 6.07 Å². The average Bonchev–Trinajstić information content (AvgIpc) is 2.52. The van der Waals surface area contributed by atoms with Crippen molar-refractivity contribution in [3.05, 3.63) is 68.8 Å². The molecule has 0 aliphatic heterocycles. The minimum absolute atomic E-state index is 0.215. The molecule has 26 heavy (non-hydrogen) atoms. The molecule has 2 N–H and O–H groups in total. The number of hydrogen-bond donors (Lipinski definition) is 2. The molecule has 2 rings (SSSR count). The number of aryl methyl sites for hydroxylation is 1. The first-order valence-corrected chi connectivity index (χ1v) is 7.01. The first kappa shape index (κ1) is 18.9. The molecule has 0 aliphatic carbocycles. The Bertz CT molecular complexity index is 909. The maximum absolute atomic E-state index is 12.9. The molecule has 10 heteroatoms. The van der Waals surface area contributed by atoms with Crippen molar-refractivity contribution in [3.8, 4) is 0 Å². The Morgan fingerprint density at radius 1 is 1.19 bits per heavy atom. The molecule has 1 amide bonds. The number of benzene rings is 2. The van der Waals surface area contributed by atoms with Crippen LogP contribution in [0.1, 0.15) is 31.8 Å². The van der Waals surface area contributed by atoms with E-state index in [9.17, 15) is 38.0 Å². The summed E-state index contributed by atoms with van der Waals surface area (Å²) in [5, 5.41) is 22.3. The molecule has 0 spiro atoms. The highest BCUT2D eigenvalue weighted by atomic mass is 19.4. The Hall–Kier alpha value is -3.43. The minimum Gasteiger partial charge on any atom is -0.477 e. The van der Waals surface area contributed by atoms with Crippen molar-refractivity contribution in [3.63, 3.8) is 0 Å². The number of amides is 1. The number of carboxylic acids is 1. The molecule has 7 nitrogen and oxygen atoms in total. The van der Waals surface area contributed by atoms with Crippen molar-refractivity contribution >= 4 is 23.3 Å². The van der Waals surface area contributed by atoms with Gasteiger partial charge in [0.2, 0.25) is 0 Å². The van der Waals surface area contributed by atoms with Crippen molar-refractivity contribution in [2.75, 3.05) is 5.32 Å². The molecule has 0 fully saturated rings. The molecular weight excluding hydrogens is 357 g/mol. The summed E-state index contributed by atoms with van der Waals surface area (Å²) < 4.78 is 38.6. The number of nitrogens with one attached hydrogen (secondary N) is 1. The summed E-state index contributed by atoms with van der Waals surface area (Å²) >= 11 is 0. The normalized spacial score (nSPS) is 11.1. The standard InChI is InChI=1S/C16H11F3N2O5/c1-8-5-9(16(17,18)19)7-10(6-8)20-14(22)11-3-2-4-12(21(25)26)13(11)15(23)24/h2-7H,1H3,(H,20,22)(H,23,24). The van der Waals surface area contributed by atoms with E-state index in [4.69, 9.17) is 0 Å². The molecule has 2 aromatic carbocycles. The van der Waals surface area contributed by atoms with E-state index in [1.54, 1.807) is 0 Å². The number of aromatic carboxylic acids is 1. The van der Waals surface area contributed by atoms with Gasteiger partial charge in [0.25, 0.3) is 11.6 Å². The second-order valence-corrected chi connectivity index (χ2v) is 5.30. The minimum atomic E-state index is -4.64. The first-order chi connectivity index (χ1) is 12.0. The Morgan fingerprint density at radius 3 is 2.38 bits per heavy atom. The number of carbonyl (C=O) groups excluding carboxylic acids is 1. The zero-order valence-electron chi connectivity index (χ0n) is 13.1. The second kappa shape index (κ2) is 6.82. The molecular formula is C16H11F3N2O5. The van der Waals surface area contributed by atoms with Gasteiger partial charge in [0.1, 0.15) is 5.56 Å². The number of carbonyl (C=O) groups is 2. The van der Waals surface area contributed by atoms with Crippen LogP contribution in [0.5, 0.6) is 0 Å². The van der Waals surface area contributed by atoms with Gasteiger partial charge in [-0.25, -0.2) is 4.79 Å². The smallest absolute Gasteiger partial charge is 0.416 e. The first-order valence-electron chi connectivity index (χ1n) is 7.01. The molecule has 136 valence electrons. The number of nitrogens with zero attached hydrogens (tertiary/aromatic N) is 1. The molecule has 0 saturated carbocycles. The Labute approximate surface area is 144 Å². The highest BCUT2D eigenvalue weighted by molar-refractivity contribution is 6.12. The fourth-order valence-corrected chi connectivity index (χ4v) is 2.32. The Balaban J connectivity index is 2.46. The highest BCUT2D eigenvalue weighted by Gasteiger charge is 2.31. The number of carboxylic acid groups (broad SMARTS) is 1. The van der Waals surface area contributed by atoms with Crippen LogP contribution in [0.25, 0.3) is 0 Å². The maximum atomic E-state index is 12.9. The fourth-order valence-electron chi connectivity index (χ4n) is 2.32. The van der Waals surface area contributed by atoms with E-state index in [0.29, 0.717) is 6.07 Å². The lowest BCUT2D eigenvalue weighted by atomic mass is 10.0. The van der Waals surface area contributed by atoms with E-state index < -0.39 is 45.4 Å². The predicted octanol–water partition coefficient (Wildman–Crippen LogP) is 3.87. The quantitative estimate of drug-likeness (QED) is 0.629. The van der Waals surface area contributed by atoms with Crippen molar-refractivity contribution in [2.24, 2.45) is 0 Å². The number of halogens is 3. The van der Waals surface area contributed by atoms with Crippen LogP contribution >= 0.6 is 0 Å². The van der Waals surface area contributed by atoms with Crippen LogP contribution in [0, 0.1) is 17.0 Å². The van der Waals surface area contributed by atoms with Crippen LogP contribution in [0.4, 0.5) is 24.5 Å². The summed E-state index contributed by atoms with van der Waals surface area (Å²) in [6.07, 6.45) is -4.64. The van der Waals surface area contributed by atoms with E-state index in [0.717, 1.165) is 24.3 Å². The van der Waals surface area contributed by atoms with E-state index in [1.165, 1.54) is 13.0 Å². The summed E-state index contributed by atoms with van der Waals surface area (Å²) in [6, 6.07) is 5.87. The van der Waals surface area contributed by atoms with Crippen molar-refractivity contribution in [1.29, 1.82) is 0 Å². The summed E-state index contributed by atoms with van der Waals surface area (Å²) in [4.78, 5) is 33.6. The third kappa shape index (κ3) is 3.97. The molecule has 0 aromatic heterocycles. The van der Waals surface area contributed by atoms with Gasteiger partial charge in [0, 0.05) is 11.8 Å². The summed E-state index contributed by atoms with van der Waals surface area (Å²) in [7, 11) is 0. The lowest BCUT2D eigenvalue weighted by molar-refractivity contribution is -0.385. The highest BCUT2D eigenvalue weighted by Crippen LogP contribution is 2.32. The van der Waals surface area contributed by atoms with Crippen molar-refractivity contribution in [2.45, 2.75) is 13.1 Å². The topological polar surface area (TPSA) is 110 Å². The third-order valence-corrected chi connectivity index (χ3v) is 3.36. The summed E-state index contributed by atoms with van der Waals surface area (Å²) in [6.45, 7) is 1.39. The van der Waals surface area contributed by atoms with Gasteiger partial charge in [-0.2, -0.15) is 13.2 Å². The maximum Gasteiger partial charge on any atom is 0.416 e. The SMILES string of the molecule is Cc1cc(NC(=O)c2cccc([N+](=O)[O-])c2C(=O)O)cc(C(F)(F)F)c1. The molecule has 0 radical (unpaired) electrons. The van der Waals surface area contributed by atoms with Gasteiger partial charge < -0.3 is 10.4 Å². The van der Waals surface area contributed by atoms with Crippen molar-refractivity contribution < 1.29 is 32.8 Å². The van der Waals surface area contributed by atoms with Gasteiger partial charge in [-0.05, 0) is 36.8 Å². The number of nitro benzene ring substituents is 1. The monoisotopic (exact) mass is 368 g/mol. The number of alkyl halides is 3. The van der Waals surface area contributed by atoms with Crippen LogP contribution in [-0.2, 0) is 6.18 Å². The van der Waals surface area contributed by atoms with E-state index in [1.807, 2.05) is 0 Å². The lowest BCUT2D eigenvalue weighted by Crippen LogP contribution is -2.18.